The van der Waals surface area contributed by atoms with Gasteiger partial charge in [0.15, 0.2) is 0 Å². The molecule has 0 saturated heterocycles. The first kappa shape index (κ1) is 24.4. The molecule has 2 N–H and O–H groups in total. The lowest BCUT2D eigenvalue weighted by Crippen LogP contribution is -2.44. The first-order chi connectivity index (χ1) is 15.1. The predicted molar refractivity (Wildman–Crippen MR) is 124 cm³/mol. The van der Waals surface area contributed by atoms with E-state index in [0.29, 0.717) is 35.9 Å². The number of pyridine rings is 2. The molecule has 33 heavy (non-hydrogen) atoms. The van der Waals surface area contributed by atoms with Crippen LogP contribution in [0.5, 0.6) is 0 Å². The minimum Gasteiger partial charge on any atom is -0.366 e. The molecule has 3 aromatic rings. The molecule has 1 aliphatic rings. The van der Waals surface area contributed by atoms with Crippen molar-refractivity contribution < 1.29 is 18.0 Å². The summed E-state index contributed by atoms with van der Waals surface area (Å²) in [5.41, 5.74) is 2.89. The van der Waals surface area contributed by atoms with Crippen molar-refractivity contribution in [3.63, 3.8) is 0 Å². The quantitative estimate of drug-likeness (QED) is 0.582. The van der Waals surface area contributed by atoms with Crippen molar-refractivity contribution in [3.8, 4) is 0 Å². The van der Waals surface area contributed by atoms with E-state index in [9.17, 15) is 18.0 Å². The van der Waals surface area contributed by atoms with Crippen LogP contribution in [0.3, 0.4) is 0 Å². The number of hydrogen-bond donors (Lipinski definition) is 2. The molecule has 8 nitrogen and oxygen atoms in total. The molecule has 176 valence electrons. The molecule has 0 aromatic carbocycles. The number of likely N-dealkylation sites (N-methyl/N-ethyl adjacent to an activating group) is 1. The summed E-state index contributed by atoms with van der Waals surface area (Å²) in [6, 6.07) is 3.96. The van der Waals surface area contributed by atoms with Crippen molar-refractivity contribution in [1.29, 1.82) is 0 Å². The van der Waals surface area contributed by atoms with E-state index in [1.807, 2.05) is 38.1 Å². The molecule has 0 spiro atoms. The van der Waals surface area contributed by atoms with Crippen LogP contribution in [0.25, 0.3) is 0 Å². The maximum absolute atomic E-state index is 12.6. The van der Waals surface area contributed by atoms with Crippen molar-refractivity contribution in [1.82, 2.24) is 19.7 Å². The number of nitrogens with zero attached hydrogens (tertiary/aromatic N) is 5. The van der Waals surface area contributed by atoms with Crippen LogP contribution in [0, 0.1) is 6.92 Å². The van der Waals surface area contributed by atoms with Crippen LogP contribution in [0.4, 0.5) is 30.4 Å². The molecule has 0 unspecified atom stereocenters. The zero-order valence-corrected chi connectivity index (χ0v) is 19.2. The molecule has 0 bridgehead atoms. The van der Waals surface area contributed by atoms with Gasteiger partial charge in [-0.05, 0) is 25.5 Å². The topological polar surface area (TPSA) is 88.0 Å². The number of nitrogens with one attached hydrogen (secondary N) is 2. The van der Waals surface area contributed by atoms with Gasteiger partial charge in [0.25, 0.3) is 0 Å². The maximum Gasteiger partial charge on any atom is 0.433 e. The highest BCUT2D eigenvalue weighted by molar-refractivity contribution is 7.59. The highest BCUT2D eigenvalue weighted by atomic mass is 32.1. The summed E-state index contributed by atoms with van der Waals surface area (Å²) in [6.07, 6.45) is 0.248. The largest absolute Gasteiger partial charge is 0.433 e. The van der Waals surface area contributed by atoms with Crippen LogP contribution in [0.1, 0.15) is 29.4 Å². The average molecular weight is 480 g/mol. The van der Waals surface area contributed by atoms with Crippen LogP contribution in [0.2, 0.25) is 0 Å². The SMILES string of the molecule is Cc1nc(NCc2cnn(Cc3ccc(C(F)(F)F)nc3)c2)cc2c1NC(=O)[C@H](C)N2C.S. The molecular weight excluding hydrogens is 455 g/mol. The zero-order valence-electron chi connectivity index (χ0n) is 18.2. The van der Waals surface area contributed by atoms with Crippen molar-refractivity contribution in [2.24, 2.45) is 0 Å². The van der Waals surface area contributed by atoms with E-state index < -0.39 is 11.9 Å². The molecule has 1 aliphatic heterocycles. The van der Waals surface area contributed by atoms with Crippen LogP contribution >= 0.6 is 13.5 Å². The number of alkyl halides is 3. The average Bonchev–Trinajstić information content (AvgIpc) is 3.18. The second-order valence-electron chi connectivity index (χ2n) is 7.71. The Morgan fingerprint density at radius 1 is 1.21 bits per heavy atom. The first-order valence-corrected chi connectivity index (χ1v) is 9.94. The van der Waals surface area contributed by atoms with Crippen molar-refractivity contribution in [3.05, 3.63) is 59.3 Å². The number of fused-ring (bicyclic) bond motifs is 1. The molecule has 0 fully saturated rings. The fourth-order valence-electron chi connectivity index (χ4n) is 3.44. The lowest BCUT2D eigenvalue weighted by atomic mass is 10.1. The number of aryl methyl sites for hydroxylation is 1. The van der Waals surface area contributed by atoms with Crippen molar-refractivity contribution in [2.45, 2.75) is 39.2 Å². The Morgan fingerprint density at radius 3 is 2.64 bits per heavy atom. The van der Waals surface area contributed by atoms with Gasteiger partial charge in [-0.15, -0.1) is 0 Å². The van der Waals surface area contributed by atoms with E-state index in [2.05, 4.69) is 25.7 Å². The molecule has 0 saturated carbocycles. The molecule has 1 amide bonds. The van der Waals surface area contributed by atoms with Crippen LogP contribution in [0.15, 0.2) is 36.8 Å². The Bertz CT molecular complexity index is 1150. The molecule has 0 radical (unpaired) electrons. The number of hydrogen-bond acceptors (Lipinski definition) is 6. The smallest absolute Gasteiger partial charge is 0.366 e. The zero-order chi connectivity index (χ0) is 23.0. The van der Waals surface area contributed by atoms with Crippen molar-refractivity contribution >= 4 is 36.6 Å². The van der Waals surface area contributed by atoms with Crippen LogP contribution in [-0.4, -0.2) is 38.7 Å². The summed E-state index contributed by atoms with van der Waals surface area (Å²) in [7, 11) is 1.87. The van der Waals surface area contributed by atoms with E-state index in [4.69, 9.17) is 0 Å². The number of anilines is 3. The Kier molecular flexibility index (Phi) is 6.86. The molecular formula is C21H24F3N7OS. The summed E-state index contributed by atoms with van der Waals surface area (Å²) in [6.45, 7) is 4.44. The lowest BCUT2D eigenvalue weighted by molar-refractivity contribution is -0.141. The summed E-state index contributed by atoms with van der Waals surface area (Å²) in [5, 5.41) is 10.4. The van der Waals surface area contributed by atoms with Gasteiger partial charge in [-0.3, -0.25) is 14.5 Å². The summed E-state index contributed by atoms with van der Waals surface area (Å²) < 4.78 is 39.5. The summed E-state index contributed by atoms with van der Waals surface area (Å²) >= 11 is 0. The number of amides is 1. The van der Waals surface area contributed by atoms with E-state index in [1.54, 1.807) is 10.9 Å². The number of rotatable bonds is 5. The van der Waals surface area contributed by atoms with Crippen LogP contribution in [-0.2, 0) is 24.1 Å². The normalized spacial score (nSPS) is 15.5. The molecule has 12 heteroatoms. The molecule has 3 aromatic heterocycles. The highest BCUT2D eigenvalue weighted by Crippen LogP contribution is 2.35. The van der Waals surface area contributed by atoms with Gasteiger partial charge in [0.05, 0.1) is 29.8 Å². The molecule has 4 heterocycles. The fraction of sp³-hybridized carbons (Fsp3) is 0.333. The molecule has 4 rings (SSSR count). The fourth-order valence-corrected chi connectivity index (χ4v) is 3.44. The number of carbonyl (C=O) groups is 1. The minimum atomic E-state index is -4.45. The van der Waals surface area contributed by atoms with E-state index >= 15 is 0 Å². The third-order valence-corrected chi connectivity index (χ3v) is 5.39. The lowest BCUT2D eigenvalue weighted by Gasteiger charge is -2.34. The molecule has 0 aliphatic carbocycles. The van der Waals surface area contributed by atoms with Crippen molar-refractivity contribution in [2.75, 3.05) is 22.6 Å². The van der Waals surface area contributed by atoms with Gasteiger partial charge in [-0.2, -0.15) is 31.8 Å². The van der Waals surface area contributed by atoms with E-state index in [-0.39, 0.29) is 25.4 Å². The number of carbonyl (C=O) groups excluding carboxylic acids is 1. The second-order valence-corrected chi connectivity index (χ2v) is 7.71. The second kappa shape index (κ2) is 9.30. The van der Waals surface area contributed by atoms with Crippen LogP contribution < -0.4 is 15.5 Å². The first-order valence-electron chi connectivity index (χ1n) is 9.94. The van der Waals surface area contributed by atoms with E-state index in [0.717, 1.165) is 17.3 Å². The van der Waals surface area contributed by atoms with Gasteiger partial charge in [-0.25, -0.2) is 4.98 Å². The Labute approximate surface area is 195 Å². The van der Waals surface area contributed by atoms with Gasteiger partial charge < -0.3 is 15.5 Å². The predicted octanol–water partition coefficient (Wildman–Crippen LogP) is 3.55. The summed E-state index contributed by atoms with van der Waals surface area (Å²) in [4.78, 5) is 21.9. The number of aromatic nitrogens is 4. The third kappa shape index (κ3) is 5.21. The minimum absolute atomic E-state index is 0. The summed E-state index contributed by atoms with van der Waals surface area (Å²) in [5.74, 6) is 0.595. The highest BCUT2D eigenvalue weighted by Gasteiger charge is 2.32. The van der Waals surface area contributed by atoms with Gasteiger partial charge in [0.2, 0.25) is 5.91 Å². The monoisotopic (exact) mass is 479 g/mol. The van der Waals surface area contributed by atoms with Gasteiger partial charge in [0, 0.05) is 37.6 Å². The molecule has 1 atom stereocenters. The Hall–Kier alpha value is -3.28. The van der Waals surface area contributed by atoms with Gasteiger partial charge >= 0.3 is 6.18 Å². The maximum atomic E-state index is 12.6. The Morgan fingerprint density at radius 2 is 1.97 bits per heavy atom. The van der Waals surface area contributed by atoms with Gasteiger partial charge in [-0.1, -0.05) is 6.07 Å². The number of halogens is 3. The Balaban J connectivity index is 0.00000306. The third-order valence-electron chi connectivity index (χ3n) is 5.39. The van der Waals surface area contributed by atoms with E-state index in [1.165, 1.54) is 12.3 Å². The van der Waals surface area contributed by atoms with Gasteiger partial charge in [0.1, 0.15) is 17.6 Å². The standard InChI is InChI=1S/C21H22F3N7O.H2S/c1-12-19-16(30(3)13(2)20(32)29-19)6-18(28-12)26-8-15-9-27-31(11-15)10-14-4-5-17(25-7-14)21(22,23)24;/h4-7,9,11,13H,8,10H2,1-3H3,(H,26,28)(H,29,32);1H2/t13-;/m0./s1.